The minimum atomic E-state index is 0.280. The lowest BCUT2D eigenvalue weighted by atomic mass is 9.86. The van der Waals surface area contributed by atoms with Gasteiger partial charge in [-0.25, -0.2) is 4.98 Å². The van der Waals surface area contributed by atoms with Crippen LogP contribution in [0.15, 0.2) is 18.2 Å². The van der Waals surface area contributed by atoms with Crippen LogP contribution in [0.3, 0.4) is 0 Å². The topological polar surface area (TPSA) is 84.4 Å². The second-order valence-electron chi connectivity index (χ2n) is 7.30. The number of ether oxygens (including phenoxy) is 2. The molecule has 6 heteroatoms. The highest BCUT2D eigenvalue weighted by molar-refractivity contribution is 5.80. The Hall–Kier alpha value is -2.62. The van der Waals surface area contributed by atoms with E-state index in [0.29, 0.717) is 24.0 Å². The summed E-state index contributed by atoms with van der Waals surface area (Å²) in [5, 5.41) is 9.84. The van der Waals surface area contributed by atoms with Gasteiger partial charge in [0.05, 0.1) is 13.7 Å². The summed E-state index contributed by atoms with van der Waals surface area (Å²) < 4.78 is 10.8. The van der Waals surface area contributed by atoms with Gasteiger partial charge in [-0.15, -0.1) is 0 Å². The van der Waals surface area contributed by atoms with Gasteiger partial charge in [-0.2, -0.15) is 5.26 Å². The van der Waals surface area contributed by atoms with Crippen LogP contribution < -0.4 is 10.5 Å². The number of nitrogens with two attached hydrogens (primary N) is 1. The van der Waals surface area contributed by atoms with Crippen molar-refractivity contribution in [2.75, 3.05) is 27.0 Å². The van der Waals surface area contributed by atoms with E-state index < -0.39 is 0 Å². The standard InChI is InChI=1S/C21H24N4O2/c1-25-14-5-6-17(25)20-16(9-14)24-21(23)15(10-22)19(20)12-4-7-18(27-3)13(8-12)11-26-2/h4,7-8,14,17H,5-6,9,11H2,1-3H3,(H2,23,24)/t14-,17+/m0/s1. The van der Waals surface area contributed by atoms with Crippen molar-refractivity contribution in [3.63, 3.8) is 0 Å². The van der Waals surface area contributed by atoms with E-state index in [1.54, 1.807) is 14.2 Å². The molecule has 2 N–H and O–H groups in total. The molecule has 3 heterocycles. The van der Waals surface area contributed by atoms with Crippen LogP contribution in [0.2, 0.25) is 0 Å². The Bertz CT molecular complexity index is 935. The molecule has 0 saturated carbocycles. The zero-order valence-electron chi connectivity index (χ0n) is 16.0. The number of benzene rings is 1. The summed E-state index contributed by atoms with van der Waals surface area (Å²) >= 11 is 0. The summed E-state index contributed by atoms with van der Waals surface area (Å²) in [5.74, 6) is 1.09. The van der Waals surface area contributed by atoms with Crippen LogP contribution in [0.1, 0.15) is 41.3 Å². The lowest BCUT2D eigenvalue weighted by molar-refractivity contribution is 0.181. The fraction of sp³-hybridized carbons (Fsp3) is 0.429. The van der Waals surface area contributed by atoms with Crippen molar-refractivity contribution >= 4 is 5.82 Å². The van der Waals surface area contributed by atoms with E-state index in [0.717, 1.165) is 53.0 Å². The number of nitriles is 1. The van der Waals surface area contributed by atoms with Crippen molar-refractivity contribution in [3.8, 4) is 22.9 Å². The van der Waals surface area contributed by atoms with Gasteiger partial charge in [0, 0.05) is 48.0 Å². The highest BCUT2D eigenvalue weighted by Gasteiger charge is 2.41. The van der Waals surface area contributed by atoms with Gasteiger partial charge in [-0.1, -0.05) is 6.07 Å². The van der Waals surface area contributed by atoms with Crippen LogP contribution in [0, 0.1) is 11.3 Å². The SMILES string of the molecule is COCc1cc(-c2c(C#N)c(N)nc3c2[C@H]2CC[C@@H](C3)N2C)ccc1OC. The molecule has 27 heavy (non-hydrogen) atoms. The molecule has 140 valence electrons. The number of hydrogen-bond donors (Lipinski definition) is 1. The zero-order valence-corrected chi connectivity index (χ0v) is 16.0. The first-order valence-corrected chi connectivity index (χ1v) is 9.19. The minimum Gasteiger partial charge on any atom is -0.496 e. The highest BCUT2D eigenvalue weighted by Crippen LogP contribution is 2.48. The van der Waals surface area contributed by atoms with Crippen LogP contribution in [0.4, 0.5) is 5.82 Å². The quantitative estimate of drug-likeness (QED) is 0.898. The van der Waals surface area contributed by atoms with Gasteiger partial charge in [-0.3, -0.25) is 4.90 Å². The van der Waals surface area contributed by atoms with Gasteiger partial charge in [0.2, 0.25) is 0 Å². The molecule has 1 saturated heterocycles. The average molecular weight is 364 g/mol. The maximum absolute atomic E-state index is 9.84. The lowest BCUT2D eigenvalue weighted by Crippen LogP contribution is -2.35. The Kier molecular flexibility index (Phi) is 4.50. The molecule has 0 unspecified atom stereocenters. The maximum atomic E-state index is 9.84. The Morgan fingerprint density at radius 1 is 1.33 bits per heavy atom. The van der Waals surface area contributed by atoms with E-state index in [1.165, 1.54) is 0 Å². The van der Waals surface area contributed by atoms with E-state index in [1.807, 2.05) is 18.2 Å². The summed E-state index contributed by atoms with van der Waals surface area (Å²) in [7, 11) is 5.48. The molecule has 0 aliphatic carbocycles. The van der Waals surface area contributed by atoms with E-state index >= 15 is 0 Å². The number of nitrogen functional groups attached to an aromatic ring is 1. The number of likely N-dealkylation sites (N-methyl/N-ethyl adjacent to an activating group) is 1. The van der Waals surface area contributed by atoms with Crippen LogP contribution >= 0.6 is 0 Å². The van der Waals surface area contributed by atoms with E-state index in [9.17, 15) is 5.26 Å². The van der Waals surface area contributed by atoms with Crippen molar-refractivity contribution in [3.05, 3.63) is 40.6 Å². The van der Waals surface area contributed by atoms with Gasteiger partial charge in [0.15, 0.2) is 0 Å². The first kappa shape index (κ1) is 17.8. The monoisotopic (exact) mass is 364 g/mol. The number of methoxy groups -OCH3 is 2. The summed E-state index contributed by atoms with van der Waals surface area (Å²) in [6.45, 7) is 0.438. The molecule has 0 amide bonds. The Morgan fingerprint density at radius 2 is 2.15 bits per heavy atom. The third-order valence-electron chi connectivity index (χ3n) is 5.93. The van der Waals surface area contributed by atoms with Crippen LogP contribution in [0.25, 0.3) is 11.1 Å². The molecule has 2 atom stereocenters. The van der Waals surface area contributed by atoms with Gasteiger partial charge in [0.25, 0.3) is 0 Å². The van der Waals surface area contributed by atoms with Crippen molar-refractivity contribution in [2.45, 2.75) is 38.0 Å². The van der Waals surface area contributed by atoms with Crippen LogP contribution in [-0.4, -0.2) is 37.2 Å². The minimum absolute atomic E-state index is 0.280. The van der Waals surface area contributed by atoms with E-state index in [-0.39, 0.29) is 6.04 Å². The van der Waals surface area contributed by atoms with Gasteiger partial charge in [0.1, 0.15) is 23.2 Å². The largest absolute Gasteiger partial charge is 0.496 e. The smallest absolute Gasteiger partial charge is 0.142 e. The molecule has 1 aromatic carbocycles. The Morgan fingerprint density at radius 3 is 2.85 bits per heavy atom. The normalized spacial score (nSPS) is 21.0. The van der Waals surface area contributed by atoms with Crippen LogP contribution in [-0.2, 0) is 17.8 Å². The van der Waals surface area contributed by atoms with Crippen molar-refractivity contribution in [1.82, 2.24) is 9.88 Å². The maximum Gasteiger partial charge on any atom is 0.142 e. The fourth-order valence-electron chi connectivity index (χ4n) is 4.63. The molecule has 2 aliphatic heterocycles. The second-order valence-corrected chi connectivity index (χ2v) is 7.30. The van der Waals surface area contributed by atoms with Crippen LogP contribution in [0.5, 0.6) is 5.75 Å². The summed E-state index contributed by atoms with van der Waals surface area (Å²) in [4.78, 5) is 7.04. The first-order valence-electron chi connectivity index (χ1n) is 9.19. The van der Waals surface area contributed by atoms with Crippen molar-refractivity contribution < 1.29 is 9.47 Å². The first-order chi connectivity index (χ1) is 13.1. The van der Waals surface area contributed by atoms with E-state index in [2.05, 4.69) is 23.0 Å². The third kappa shape index (κ3) is 2.75. The van der Waals surface area contributed by atoms with Gasteiger partial charge >= 0.3 is 0 Å². The number of aromatic nitrogens is 1. The molecule has 0 radical (unpaired) electrons. The van der Waals surface area contributed by atoms with Crippen molar-refractivity contribution in [1.29, 1.82) is 5.26 Å². The number of hydrogen-bond acceptors (Lipinski definition) is 6. The molecule has 2 aliphatic rings. The molecule has 6 nitrogen and oxygen atoms in total. The second kappa shape index (κ2) is 6.84. The van der Waals surface area contributed by atoms with Gasteiger partial charge in [-0.05, 0) is 37.6 Å². The third-order valence-corrected chi connectivity index (χ3v) is 5.93. The average Bonchev–Trinajstić information content (AvgIpc) is 2.90. The highest BCUT2D eigenvalue weighted by atomic mass is 16.5. The number of rotatable bonds is 4. The molecule has 2 bridgehead atoms. The summed E-state index contributed by atoms with van der Waals surface area (Å²) in [5.41, 5.74) is 11.7. The molecule has 1 fully saturated rings. The molecule has 1 aromatic heterocycles. The number of fused-ring (bicyclic) bond motifs is 4. The summed E-state index contributed by atoms with van der Waals surface area (Å²) in [6.07, 6.45) is 3.11. The molecule has 2 aromatic rings. The lowest BCUT2D eigenvalue weighted by Gasteiger charge is -2.34. The fourth-order valence-corrected chi connectivity index (χ4v) is 4.63. The van der Waals surface area contributed by atoms with Gasteiger partial charge < -0.3 is 15.2 Å². The predicted octanol–water partition coefficient (Wildman–Crippen LogP) is 3.05. The Labute approximate surface area is 159 Å². The molecular formula is C21H24N4O2. The molecule has 0 spiro atoms. The Balaban J connectivity index is 1.97. The predicted molar refractivity (Wildman–Crippen MR) is 103 cm³/mol. The molecular weight excluding hydrogens is 340 g/mol. The molecule has 4 rings (SSSR count). The number of nitrogens with zero attached hydrogens (tertiary/aromatic N) is 3. The number of anilines is 1. The summed E-state index contributed by atoms with van der Waals surface area (Å²) in [6, 6.07) is 9.05. The van der Waals surface area contributed by atoms with E-state index in [4.69, 9.17) is 15.2 Å². The number of pyridine rings is 1. The zero-order chi connectivity index (χ0) is 19.1. The van der Waals surface area contributed by atoms with Crippen molar-refractivity contribution in [2.24, 2.45) is 0 Å².